The average Bonchev–Trinajstić information content (AvgIpc) is 2.46. The molecule has 2 unspecified atom stereocenters. The van der Waals surface area contributed by atoms with E-state index < -0.39 is 0 Å². The van der Waals surface area contributed by atoms with Crippen LogP contribution >= 0.6 is 0 Å². The van der Waals surface area contributed by atoms with Gasteiger partial charge in [0.1, 0.15) is 0 Å². The number of hydrogen-bond donors (Lipinski definition) is 0. The van der Waals surface area contributed by atoms with Crippen molar-refractivity contribution in [1.82, 2.24) is 4.98 Å². The summed E-state index contributed by atoms with van der Waals surface area (Å²) in [7, 11) is 0. The van der Waals surface area contributed by atoms with E-state index in [1.54, 1.807) is 0 Å². The normalized spacial score (nSPS) is 14.1. The topological polar surface area (TPSA) is 12.9 Å². The number of nitrogens with zero attached hydrogens (tertiary/aromatic N) is 1. The Morgan fingerprint density at radius 1 is 0.833 bits per heavy atom. The Morgan fingerprint density at radius 2 is 1.50 bits per heavy atom. The van der Waals surface area contributed by atoms with Crippen LogP contribution in [0.5, 0.6) is 0 Å². The Labute approximate surface area is 110 Å². The number of hydrogen-bond acceptors (Lipinski definition) is 1. The van der Waals surface area contributed by atoms with Crippen LogP contribution in [0.15, 0.2) is 54.7 Å². The van der Waals surface area contributed by atoms with Crippen LogP contribution in [-0.2, 0) is 0 Å². The Kier molecular flexibility index (Phi) is 4.52. The predicted octanol–water partition coefficient (Wildman–Crippen LogP) is 4.77. The predicted molar refractivity (Wildman–Crippen MR) is 76.7 cm³/mol. The van der Waals surface area contributed by atoms with Gasteiger partial charge in [-0.2, -0.15) is 0 Å². The molecule has 1 aromatic heterocycles. The third kappa shape index (κ3) is 3.43. The lowest BCUT2D eigenvalue weighted by Gasteiger charge is -2.15. The lowest BCUT2D eigenvalue weighted by atomic mass is 9.91. The van der Waals surface area contributed by atoms with Crippen molar-refractivity contribution in [2.75, 3.05) is 0 Å². The molecule has 0 saturated heterocycles. The zero-order valence-electron chi connectivity index (χ0n) is 11.2. The van der Waals surface area contributed by atoms with E-state index in [2.05, 4.69) is 61.3 Å². The molecule has 0 aliphatic carbocycles. The third-order valence-corrected chi connectivity index (χ3v) is 3.59. The van der Waals surface area contributed by atoms with Gasteiger partial charge in [0.25, 0.3) is 0 Å². The second-order valence-electron chi connectivity index (χ2n) is 5.04. The van der Waals surface area contributed by atoms with Gasteiger partial charge in [0.2, 0.25) is 0 Å². The van der Waals surface area contributed by atoms with Gasteiger partial charge in [-0.05, 0) is 42.4 Å². The van der Waals surface area contributed by atoms with Crippen molar-refractivity contribution >= 4 is 0 Å². The van der Waals surface area contributed by atoms with Crippen LogP contribution < -0.4 is 0 Å². The number of pyridine rings is 1. The lowest BCUT2D eigenvalue weighted by molar-refractivity contribution is 0.565. The molecule has 1 nitrogen and oxygen atoms in total. The summed E-state index contributed by atoms with van der Waals surface area (Å²) in [5.74, 6) is 1.16. The Bertz CT molecular complexity index is 404. The molecule has 0 aliphatic rings. The van der Waals surface area contributed by atoms with Crippen molar-refractivity contribution in [3.05, 3.63) is 66.0 Å². The van der Waals surface area contributed by atoms with Crippen LogP contribution in [0.25, 0.3) is 0 Å². The molecule has 0 N–H and O–H groups in total. The maximum absolute atomic E-state index is 4.43. The van der Waals surface area contributed by atoms with Gasteiger partial charge in [-0.3, -0.25) is 4.98 Å². The van der Waals surface area contributed by atoms with Crippen LogP contribution in [0, 0.1) is 0 Å². The molecule has 1 heterocycles. The first kappa shape index (κ1) is 12.8. The first-order chi connectivity index (χ1) is 8.77. The van der Waals surface area contributed by atoms with E-state index >= 15 is 0 Å². The van der Waals surface area contributed by atoms with Crippen LogP contribution in [0.1, 0.15) is 49.8 Å². The molecule has 0 fully saturated rings. The highest BCUT2D eigenvalue weighted by Gasteiger charge is 2.10. The maximum atomic E-state index is 4.43. The number of rotatable bonds is 5. The fourth-order valence-electron chi connectivity index (χ4n) is 2.26. The molecule has 0 radical (unpaired) electrons. The second-order valence-corrected chi connectivity index (χ2v) is 5.04. The van der Waals surface area contributed by atoms with E-state index in [1.165, 1.54) is 24.1 Å². The minimum Gasteiger partial charge on any atom is -0.261 e. The van der Waals surface area contributed by atoms with Gasteiger partial charge in [0.05, 0.1) is 0 Å². The van der Waals surface area contributed by atoms with E-state index in [1.807, 2.05) is 12.3 Å². The first-order valence-electron chi connectivity index (χ1n) is 6.73. The van der Waals surface area contributed by atoms with Crippen LogP contribution in [0.3, 0.4) is 0 Å². The van der Waals surface area contributed by atoms with Gasteiger partial charge >= 0.3 is 0 Å². The molecule has 1 heteroatoms. The van der Waals surface area contributed by atoms with Gasteiger partial charge in [-0.15, -0.1) is 0 Å². The van der Waals surface area contributed by atoms with Crippen LogP contribution in [0.2, 0.25) is 0 Å². The Balaban J connectivity index is 1.89. The van der Waals surface area contributed by atoms with Crippen molar-refractivity contribution in [2.45, 2.75) is 38.5 Å². The van der Waals surface area contributed by atoms with Crippen LogP contribution in [0.4, 0.5) is 0 Å². The van der Waals surface area contributed by atoms with Gasteiger partial charge in [0, 0.05) is 11.9 Å². The van der Waals surface area contributed by atoms with Crippen molar-refractivity contribution in [2.24, 2.45) is 0 Å². The van der Waals surface area contributed by atoms with E-state index in [0.29, 0.717) is 11.8 Å². The highest BCUT2D eigenvalue weighted by molar-refractivity contribution is 5.18. The molecule has 0 amide bonds. The average molecular weight is 239 g/mol. The summed E-state index contributed by atoms with van der Waals surface area (Å²) in [6, 6.07) is 16.9. The third-order valence-electron chi connectivity index (χ3n) is 3.59. The summed E-state index contributed by atoms with van der Waals surface area (Å²) in [5, 5.41) is 0. The molecular weight excluding hydrogens is 218 g/mol. The Morgan fingerprint density at radius 3 is 2.17 bits per heavy atom. The van der Waals surface area contributed by atoms with E-state index in [-0.39, 0.29) is 0 Å². The summed E-state index contributed by atoms with van der Waals surface area (Å²) in [6.07, 6.45) is 4.28. The van der Waals surface area contributed by atoms with Gasteiger partial charge < -0.3 is 0 Å². The number of benzene rings is 1. The van der Waals surface area contributed by atoms with E-state index in [0.717, 1.165) is 0 Å². The smallest absolute Gasteiger partial charge is 0.0431 e. The van der Waals surface area contributed by atoms with E-state index in [4.69, 9.17) is 0 Å². The van der Waals surface area contributed by atoms with Crippen LogP contribution in [-0.4, -0.2) is 4.98 Å². The standard InChI is InChI=1S/C17H21N/c1-14(16-8-4-3-5-9-16)11-12-15(2)17-10-6-7-13-18-17/h3-10,13-15H,11-12H2,1-2H3. The largest absolute Gasteiger partial charge is 0.261 e. The highest BCUT2D eigenvalue weighted by Crippen LogP contribution is 2.26. The molecule has 0 saturated carbocycles. The maximum Gasteiger partial charge on any atom is 0.0431 e. The molecule has 2 aromatic rings. The molecular formula is C17H21N. The van der Waals surface area contributed by atoms with Crippen molar-refractivity contribution in [3.8, 4) is 0 Å². The molecule has 0 spiro atoms. The molecule has 94 valence electrons. The van der Waals surface area contributed by atoms with E-state index in [9.17, 15) is 0 Å². The summed E-state index contributed by atoms with van der Waals surface area (Å²) in [4.78, 5) is 4.43. The molecule has 2 atom stereocenters. The molecule has 0 bridgehead atoms. The Hall–Kier alpha value is -1.63. The minimum absolute atomic E-state index is 0.539. The SMILES string of the molecule is CC(CCC(C)c1ccccn1)c1ccccc1. The van der Waals surface area contributed by atoms with Crippen molar-refractivity contribution < 1.29 is 0 Å². The van der Waals surface area contributed by atoms with Crippen molar-refractivity contribution in [1.29, 1.82) is 0 Å². The summed E-state index contributed by atoms with van der Waals surface area (Å²) in [5.41, 5.74) is 2.64. The zero-order chi connectivity index (χ0) is 12.8. The minimum atomic E-state index is 0.539. The van der Waals surface area contributed by atoms with Crippen molar-refractivity contribution in [3.63, 3.8) is 0 Å². The number of aromatic nitrogens is 1. The molecule has 1 aromatic carbocycles. The fourth-order valence-corrected chi connectivity index (χ4v) is 2.26. The zero-order valence-corrected chi connectivity index (χ0v) is 11.2. The second kappa shape index (κ2) is 6.34. The first-order valence-corrected chi connectivity index (χ1v) is 6.73. The molecule has 0 aliphatic heterocycles. The lowest BCUT2D eigenvalue weighted by Crippen LogP contribution is -2.00. The van der Waals surface area contributed by atoms with Gasteiger partial charge in [-0.25, -0.2) is 0 Å². The summed E-state index contributed by atoms with van der Waals surface area (Å²) in [6.45, 7) is 4.57. The quantitative estimate of drug-likeness (QED) is 0.732. The summed E-state index contributed by atoms with van der Waals surface area (Å²) < 4.78 is 0. The van der Waals surface area contributed by atoms with Gasteiger partial charge in [-0.1, -0.05) is 50.2 Å². The highest BCUT2D eigenvalue weighted by atomic mass is 14.7. The molecule has 2 rings (SSSR count). The molecule has 18 heavy (non-hydrogen) atoms. The fraction of sp³-hybridized carbons (Fsp3) is 0.353. The van der Waals surface area contributed by atoms with Gasteiger partial charge in [0.15, 0.2) is 0 Å². The summed E-state index contributed by atoms with van der Waals surface area (Å²) >= 11 is 0. The monoisotopic (exact) mass is 239 g/mol.